The smallest absolute Gasteiger partial charge is 0.387 e. The first kappa shape index (κ1) is 14.3. The number of benzene rings is 1. The molecule has 0 aliphatic heterocycles. The third-order valence-electron chi connectivity index (χ3n) is 2.24. The summed E-state index contributed by atoms with van der Waals surface area (Å²) in [4.78, 5) is 10.8. The van der Waals surface area contributed by atoms with Gasteiger partial charge in [0.1, 0.15) is 5.75 Å². The SMILES string of the molecule is O=C(O)c1n[nH]nc1SCc1ccc(OC(F)F)cc1. The number of aromatic carboxylic acids is 1. The molecular weight excluding hydrogens is 292 g/mol. The number of aromatic amines is 1. The molecule has 0 aliphatic carbocycles. The summed E-state index contributed by atoms with van der Waals surface area (Å²) >= 11 is 1.18. The molecule has 20 heavy (non-hydrogen) atoms. The maximum Gasteiger partial charge on any atom is 0.387 e. The van der Waals surface area contributed by atoms with Crippen LogP contribution in [0, 0.1) is 0 Å². The molecule has 0 fully saturated rings. The van der Waals surface area contributed by atoms with Crippen molar-refractivity contribution in [2.45, 2.75) is 17.4 Å². The summed E-state index contributed by atoms with van der Waals surface area (Å²) in [5.41, 5.74) is 0.670. The first-order valence-electron chi connectivity index (χ1n) is 5.37. The van der Waals surface area contributed by atoms with Crippen LogP contribution in [0.4, 0.5) is 8.78 Å². The number of nitrogens with zero attached hydrogens (tertiary/aromatic N) is 2. The van der Waals surface area contributed by atoms with Gasteiger partial charge in [-0.25, -0.2) is 4.79 Å². The van der Waals surface area contributed by atoms with Gasteiger partial charge in [-0.3, -0.25) is 0 Å². The molecular formula is C11H9F2N3O3S. The van der Waals surface area contributed by atoms with Gasteiger partial charge >= 0.3 is 12.6 Å². The van der Waals surface area contributed by atoms with E-state index in [2.05, 4.69) is 20.1 Å². The number of carbonyl (C=O) groups is 1. The van der Waals surface area contributed by atoms with Crippen molar-refractivity contribution in [2.24, 2.45) is 0 Å². The lowest BCUT2D eigenvalue weighted by molar-refractivity contribution is -0.0498. The van der Waals surface area contributed by atoms with E-state index in [1.54, 1.807) is 12.1 Å². The number of aromatic nitrogens is 3. The molecule has 0 unspecified atom stereocenters. The van der Waals surface area contributed by atoms with Crippen molar-refractivity contribution < 1.29 is 23.4 Å². The number of ether oxygens (including phenoxy) is 1. The summed E-state index contributed by atoms with van der Waals surface area (Å²) in [7, 11) is 0. The van der Waals surface area contributed by atoms with Crippen LogP contribution >= 0.6 is 11.8 Å². The molecule has 9 heteroatoms. The fourth-order valence-electron chi connectivity index (χ4n) is 1.38. The quantitative estimate of drug-likeness (QED) is 0.797. The fourth-order valence-corrected chi connectivity index (χ4v) is 2.25. The molecule has 0 aliphatic rings. The van der Waals surface area contributed by atoms with Crippen molar-refractivity contribution >= 4 is 17.7 Å². The number of thioether (sulfide) groups is 1. The molecule has 0 amide bonds. The highest BCUT2D eigenvalue weighted by atomic mass is 32.2. The van der Waals surface area contributed by atoms with Crippen LogP contribution in [0.1, 0.15) is 16.1 Å². The van der Waals surface area contributed by atoms with E-state index in [0.29, 0.717) is 5.75 Å². The van der Waals surface area contributed by atoms with E-state index in [9.17, 15) is 13.6 Å². The highest BCUT2D eigenvalue weighted by Crippen LogP contribution is 2.24. The Hall–Kier alpha value is -2.16. The fraction of sp³-hybridized carbons (Fsp3) is 0.182. The van der Waals surface area contributed by atoms with Gasteiger partial charge in [0, 0.05) is 5.75 Å². The van der Waals surface area contributed by atoms with Crippen LogP contribution in [0.15, 0.2) is 29.3 Å². The van der Waals surface area contributed by atoms with E-state index < -0.39 is 12.6 Å². The Labute approximate surface area is 116 Å². The Bertz CT molecular complexity index is 589. The Morgan fingerprint density at radius 1 is 1.35 bits per heavy atom. The van der Waals surface area contributed by atoms with E-state index in [-0.39, 0.29) is 16.5 Å². The molecule has 6 nitrogen and oxygen atoms in total. The molecule has 0 bridgehead atoms. The zero-order valence-corrected chi connectivity index (χ0v) is 10.7. The number of H-pyrrole nitrogens is 1. The van der Waals surface area contributed by atoms with Gasteiger partial charge in [0.25, 0.3) is 0 Å². The topological polar surface area (TPSA) is 88.1 Å². The molecule has 0 atom stereocenters. The van der Waals surface area contributed by atoms with Gasteiger partial charge in [-0.2, -0.15) is 14.0 Å². The molecule has 0 saturated carbocycles. The summed E-state index contributed by atoms with van der Waals surface area (Å²) in [6.07, 6.45) is 0. The summed E-state index contributed by atoms with van der Waals surface area (Å²) in [6.45, 7) is -2.86. The molecule has 0 saturated heterocycles. The number of nitrogens with one attached hydrogen (secondary N) is 1. The summed E-state index contributed by atoms with van der Waals surface area (Å²) in [6, 6.07) is 6.07. The lowest BCUT2D eigenvalue weighted by Crippen LogP contribution is -2.01. The van der Waals surface area contributed by atoms with Crippen molar-refractivity contribution in [1.29, 1.82) is 0 Å². The monoisotopic (exact) mass is 301 g/mol. The molecule has 0 spiro atoms. The second-order valence-corrected chi connectivity index (χ2v) is 4.56. The molecule has 1 aromatic carbocycles. The Balaban J connectivity index is 1.97. The largest absolute Gasteiger partial charge is 0.476 e. The maximum atomic E-state index is 12.0. The average molecular weight is 301 g/mol. The third kappa shape index (κ3) is 3.67. The highest BCUT2D eigenvalue weighted by Gasteiger charge is 2.15. The zero-order chi connectivity index (χ0) is 14.5. The van der Waals surface area contributed by atoms with Gasteiger partial charge in [0.15, 0.2) is 5.03 Å². The van der Waals surface area contributed by atoms with E-state index in [4.69, 9.17) is 5.11 Å². The van der Waals surface area contributed by atoms with Crippen molar-refractivity contribution in [1.82, 2.24) is 15.4 Å². The number of hydrogen-bond donors (Lipinski definition) is 2. The van der Waals surface area contributed by atoms with E-state index in [1.807, 2.05) is 0 Å². The number of alkyl halides is 2. The Morgan fingerprint density at radius 2 is 2.05 bits per heavy atom. The van der Waals surface area contributed by atoms with Crippen LogP contribution in [0.5, 0.6) is 5.75 Å². The number of halogens is 2. The van der Waals surface area contributed by atoms with Gasteiger partial charge in [-0.1, -0.05) is 23.9 Å². The van der Waals surface area contributed by atoms with E-state index >= 15 is 0 Å². The van der Waals surface area contributed by atoms with Gasteiger partial charge < -0.3 is 9.84 Å². The minimum absolute atomic E-state index is 0.0708. The Kier molecular flexibility index (Phi) is 4.51. The minimum atomic E-state index is -2.86. The van der Waals surface area contributed by atoms with Gasteiger partial charge in [0.2, 0.25) is 5.69 Å². The summed E-state index contributed by atoms with van der Waals surface area (Å²) in [5, 5.41) is 18.6. The Morgan fingerprint density at radius 3 is 2.65 bits per heavy atom. The average Bonchev–Trinajstić information content (AvgIpc) is 2.86. The normalized spacial score (nSPS) is 10.8. The van der Waals surface area contributed by atoms with Crippen LogP contribution in [0.25, 0.3) is 0 Å². The van der Waals surface area contributed by atoms with Gasteiger partial charge in [-0.15, -0.1) is 10.2 Å². The van der Waals surface area contributed by atoms with Crippen molar-refractivity contribution in [3.63, 3.8) is 0 Å². The molecule has 2 rings (SSSR count). The predicted molar refractivity (Wildman–Crippen MR) is 66.0 cm³/mol. The van der Waals surface area contributed by atoms with Crippen molar-refractivity contribution in [2.75, 3.05) is 0 Å². The van der Waals surface area contributed by atoms with Crippen LogP contribution in [0.3, 0.4) is 0 Å². The van der Waals surface area contributed by atoms with Gasteiger partial charge in [-0.05, 0) is 17.7 Å². The first-order chi connectivity index (χ1) is 9.56. The van der Waals surface area contributed by atoms with Crippen LogP contribution in [-0.2, 0) is 5.75 Å². The van der Waals surface area contributed by atoms with Crippen LogP contribution in [0.2, 0.25) is 0 Å². The second-order valence-electron chi connectivity index (χ2n) is 3.59. The molecule has 2 aromatic rings. The molecule has 1 aromatic heterocycles. The van der Waals surface area contributed by atoms with Gasteiger partial charge in [0.05, 0.1) is 0 Å². The van der Waals surface area contributed by atoms with Crippen LogP contribution < -0.4 is 4.74 Å². The first-order valence-corrected chi connectivity index (χ1v) is 6.35. The van der Waals surface area contributed by atoms with Crippen molar-refractivity contribution in [3.05, 3.63) is 35.5 Å². The molecule has 106 valence electrons. The molecule has 2 N–H and O–H groups in total. The number of rotatable bonds is 6. The highest BCUT2D eigenvalue weighted by molar-refractivity contribution is 7.98. The third-order valence-corrected chi connectivity index (χ3v) is 3.28. The summed E-state index contributed by atoms with van der Waals surface area (Å²) < 4.78 is 28.2. The molecule has 0 radical (unpaired) electrons. The minimum Gasteiger partial charge on any atom is -0.476 e. The summed E-state index contributed by atoms with van der Waals surface area (Å²) in [5.74, 6) is -0.662. The number of carboxylic acids is 1. The maximum absolute atomic E-state index is 12.0. The zero-order valence-electron chi connectivity index (χ0n) is 9.92. The lowest BCUT2D eigenvalue weighted by Gasteiger charge is -2.05. The standard InChI is InChI=1S/C11H9F2N3O3S/c12-11(13)19-7-3-1-6(2-4-7)5-20-9-8(10(17)18)14-16-15-9/h1-4,11H,5H2,(H,17,18)(H,14,15,16). The van der Waals surface area contributed by atoms with E-state index in [1.165, 1.54) is 23.9 Å². The predicted octanol–water partition coefficient (Wildman–Crippen LogP) is 2.40. The second kappa shape index (κ2) is 6.33. The number of hydrogen-bond acceptors (Lipinski definition) is 5. The van der Waals surface area contributed by atoms with Crippen molar-refractivity contribution in [3.8, 4) is 5.75 Å². The molecule has 1 heterocycles. The van der Waals surface area contributed by atoms with E-state index in [0.717, 1.165) is 5.56 Å². The van der Waals surface area contributed by atoms with Crippen LogP contribution in [-0.4, -0.2) is 33.1 Å². The number of carboxylic acid groups (broad SMARTS) is 1. The lowest BCUT2D eigenvalue weighted by atomic mass is 10.2.